The molecule has 0 aliphatic carbocycles. The molecule has 5 nitrogen and oxygen atoms in total. The van der Waals surface area contributed by atoms with E-state index in [1.165, 1.54) is 18.2 Å². The maximum atomic E-state index is 11.4. The second kappa shape index (κ2) is 5.32. The van der Waals surface area contributed by atoms with Crippen molar-refractivity contribution in [3.05, 3.63) is 23.8 Å². The fourth-order valence-corrected chi connectivity index (χ4v) is 1.23. The largest absolute Gasteiger partial charge is 0.508 e. The lowest BCUT2D eigenvalue weighted by Crippen LogP contribution is -2.37. The van der Waals surface area contributed by atoms with Crippen LogP contribution in [0.3, 0.4) is 0 Å². The van der Waals surface area contributed by atoms with Gasteiger partial charge in [-0.2, -0.15) is 0 Å². The number of rotatable bonds is 2. The minimum atomic E-state index is -0.361. The molecule has 0 unspecified atom stereocenters. The molecule has 0 radical (unpaired) electrons. The molecule has 0 spiro atoms. The highest BCUT2D eigenvalue weighted by Gasteiger charge is 2.09. The van der Waals surface area contributed by atoms with E-state index in [4.69, 9.17) is 12.2 Å². The normalized spacial score (nSPS) is 9.56. The number of carbonyl (C=O) groups excluding carboxylic acids is 1. The zero-order chi connectivity index (χ0) is 12.1. The van der Waals surface area contributed by atoms with Crippen LogP contribution in [0, 0.1) is 0 Å². The van der Waals surface area contributed by atoms with Crippen molar-refractivity contribution in [3.63, 3.8) is 0 Å². The van der Waals surface area contributed by atoms with E-state index >= 15 is 0 Å². The fraction of sp³-hybridized carbons (Fsp3) is 0.200. The summed E-state index contributed by atoms with van der Waals surface area (Å²) in [5.41, 5.74) is 0.344. The van der Waals surface area contributed by atoms with E-state index in [0.717, 1.165) is 0 Å². The van der Waals surface area contributed by atoms with Crippen LogP contribution in [0.15, 0.2) is 18.2 Å². The van der Waals surface area contributed by atoms with Crippen LogP contribution in [-0.4, -0.2) is 28.3 Å². The van der Waals surface area contributed by atoms with Gasteiger partial charge in [-0.05, 0) is 30.4 Å². The smallest absolute Gasteiger partial charge is 0.230 e. The highest BCUT2D eigenvalue weighted by atomic mass is 32.1. The summed E-state index contributed by atoms with van der Waals surface area (Å²) in [5, 5.41) is 23.9. The van der Waals surface area contributed by atoms with Gasteiger partial charge in [0.1, 0.15) is 11.5 Å². The molecular formula is C10H12N2O3S. The van der Waals surface area contributed by atoms with Crippen LogP contribution in [0.1, 0.15) is 5.56 Å². The van der Waals surface area contributed by atoms with Crippen molar-refractivity contribution < 1.29 is 15.0 Å². The summed E-state index contributed by atoms with van der Waals surface area (Å²) in [6.07, 6.45) is -0.0535. The molecule has 1 aromatic rings. The lowest BCUT2D eigenvalue weighted by molar-refractivity contribution is -0.119. The summed E-state index contributed by atoms with van der Waals surface area (Å²) in [6.45, 7) is 0. The number of hydrogen-bond acceptors (Lipinski definition) is 4. The van der Waals surface area contributed by atoms with Gasteiger partial charge in [0.2, 0.25) is 5.91 Å². The number of amides is 1. The van der Waals surface area contributed by atoms with Crippen molar-refractivity contribution in [1.82, 2.24) is 10.6 Å². The Labute approximate surface area is 98.1 Å². The number of phenols is 2. The molecule has 0 atom stereocenters. The molecule has 0 bridgehead atoms. The lowest BCUT2D eigenvalue weighted by Gasteiger charge is -2.07. The van der Waals surface area contributed by atoms with E-state index in [9.17, 15) is 15.0 Å². The molecule has 0 fully saturated rings. The Morgan fingerprint density at radius 3 is 2.75 bits per heavy atom. The molecule has 16 heavy (non-hydrogen) atoms. The maximum absolute atomic E-state index is 11.4. The van der Waals surface area contributed by atoms with E-state index in [0.29, 0.717) is 5.56 Å². The predicted molar refractivity (Wildman–Crippen MR) is 63.3 cm³/mol. The Bertz CT molecular complexity index is 421. The second-order valence-corrected chi connectivity index (χ2v) is 3.53. The van der Waals surface area contributed by atoms with Crippen molar-refractivity contribution in [3.8, 4) is 11.5 Å². The second-order valence-electron chi connectivity index (χ2n) is 3.12. The monoisotopic (exact) mass is 240 g/mol. The van der Waals surface area contributed by atoms with E-state index in [2.05, 4.69) is 10.6 Å². The fourth-order valence-electron chi connectivity index (χ4n) is 1.12. The van der Waals surface area contributed by atoms with Crippen LogP contribution < -0.4 is 10.6 Å². The molecule has 0 saturated heterocycles. The van der Waals surface area contributed by atoms with Gasteiger partial charge in [0.05, 0.1) is 6.42 Å². The molecule has 0 saturated carbocycles. The van der Waals surface area contributed by atoms with Crippen LogP contribution in [0.4, 0.5) is 0 Å². The van der Waals surface area contributed by atoms with Gasteiger partial charge in [-0.1, -0.05) is 0 Å². The molecule has 1 amide bonds. The number of benzene rings is 1. The van der Waals surface area contributed by atoms with Gasteiger partial charge in [0, 0.05) is 12.6 Å². The van der Waals surface area contributed by atoms with Crippen LogP contribution >= 0.6 is 12.2 Å². The summed E-state index contributed by atoms with van der Waals surface area (Å²) in [5.74, 6) is -0.402. The Morgan fingerprint density at radius 2 is 2.12 bits per heavy atom. The van der Waals surface area contributed by atoms with Crippen LogP contribution in [0.2, 0.25) is 0 Å². The van der Waals surface area contributed by atoms with Gasteiger partial charge in [0.15, 0.2) is 5.11 Å². The third-order valence-electron chi connectivity index (χ3n) is 1.89. The lowest BCUT2D eigenvalue weighted by atomic mass is 10.1. The molecule has 0 aromatic heterocycles. The van der Waals surface area contributed by atoms with Crippen LogP contribution in [0.5, 0.6) is 11.5 Å². The van der Waals surface area contributed by atoms with Gasteiger partial charge in [-0.25, -0.2) is 0 Å². The first kappa shape index (κ1) is 12.3. The van der Waals surface area contributed by atoms with E-state index in [-0.39, 0.29) is 28.9 Å². The highest BCUT2D eigenvalue weighted by molar-refractivity contribution is 7.80. The quantitative estimate of drug-likeness (QED) is 0.440. The first-order valence-electron chi connectivity index (χ1n) is 4.55. The van der Waals surface area contributed by atoms with Gasteiger partial charge in [0.25, 0.3) is 0 Å². The van der Waals surface area contributed by atoms with Crippen molar-refractivity contribution in [2.75, 3.05) is 7.05 Å². The Kier molecular flexibility index (Phi) is 4.07. The Balaban J connectivity index is 2.69. The van der Waals surface area contributed by atoms with Gasteiger partial charge in [-0.15, -0.1) is 0 Å². The number of phenolic OH excluding ortho intramolecular Hbond substituents is 2. The molecular weight excluding hydrogens is 228 g/mol. The molecule has 6 heteroatoms. The number of carbonyl (C=O) groups is 1. The SMILES string of the molecule is CNC(=S)NC(=O)Cc1cc(O)ccc1O. The number of hydrogen-bond donors (Lipinski definition) is 4. The summed E-state index contributed by atoms with van der Waals surface area (Å²) in [6, 6.07) is 4.00. The number of thiocarbonyl (C=S) groups is 1. The molecule has 1 aromatic carbocycles. The van der Waals surface area contributed by atoms with Crippen molar-refractivity contribution in [2.45, 2.75) is 6.42 Å². The Morgan fingerprint density at radius 1 is 1.44 bits per heavy atom. The molecule has 0 aliphatic heterocycles. The van der Waals surface area contributed by atoms with Crippen LogP contribution in [-0.2, 0) is 11.2 Å². The van der Waals surface area contributed by atoms with Crippen molar-refractivity contribution in [1.29, 1.82) is 0 Å². The molecule has 0 heterocycles. The van der Waals surface area contributed by atoms with E-state index in [1.54, 1.807) is 7.05 Å². The number of nitrogens with one attached hydrogen (secondary N) is 2. The molecule has 1 rings (SSSR count). The summed E-state index contributed by atoms with van der Waals surface area (Å²) >= 11 is 4.75. The van der Waals surface area contributed by atoms with Crippen molar-refractivity contribution >= 4 is 23.2 Å². The topological polar surface area (TPSA) is 81.6 Å². The van der Waals surface area contributed by atoms with Gasteiger partial charge >= 0.3 is 0 Å². The highest BCUT2D eigenvalue weighted by Crippen LogP contribution is 2.22. The Hall–Kier alpha value is -1.82. The number of aromatic hydroxyl groups is 2. The summed E-state index contributed by atoms with van der Waals surface area (Å²) < 4.78 is 0. The molecule has 4 N–H and O–H groups in total. The van der Waals surface area contributed by atoms with E-state index in [1.807, 2.05) is 0 Å². The van der Waals surface area contributed by atoms with Gasteiger partial charge in [-0.3, -0.25) is 4.79 Å². The first-order chi connectivity index (χ1) is 7.52. The zero-order valence-electron chi connectivity index (χ0n) is 8.65. The standard InChI is InChI=1S/C10H12N2O3S/c1-11-10(16)12-9(15)5-6-4-7(13)2-3-8(6)14/h2-4,13-14H,5H2,1H3,(H2,11,12,15,16). The summed E-state index contributed by atoms with van der Waals surface area (Å²) in [7, 11) is 1.59. The molecule has 86 valence electrons. The predicted octanol–water partition coefficient (Wildman–Crippen LogP) is 0.261. The minimum absolute atomic E-state index is 0.00297. The van der Waals surface area contributed by atoms with E-state index < -0.39 is 0 Å². The zero-order valence-corrected chi connectivity index (χ0v) is 9.47. The third kappa shape index (κ3) is 3.39. The average Bonchev–Trinajstić information content (AvgIpc) is 2.23. The maximum Gasteiger partial charge on any atom is 0.230 e. The molecule has 0 aliphatic rings. The average molecular weight is 240 g/mol. The van der Waals surface area contributed by atoms with Crippen LogP contribution in [0.25, 0.3) is 0 Å². The first-order valence-corrected chi connectivity index (χ1v) is 4.96. The van der Waals surface area contributed by atoms with Gasteiger partial charge < -0.3 is 20.8 Å². The summed E-state index contributed by atoms with van der Waals surface area (Å²) in [4.78, 5) is 11.4. The van der Waals surface area contributed by atoms with Crippen molar-refractivity contribution in [2.24, 2.45) is 0 Å². The minimum Gasteiger partial charge on any atom is -0.508 e. The third-order valence-corrected chi connectivity index (χ3v) is 2.20.